The minimum absolute atomic E-state index is 0.614. The molecule has 0 aromatic heterocycles. The van der Waals surface area contributed by atoms with Gasteiger partial charge < -0.3 is 0 Å². The average Bonchev–Trinajstić information content (AvgIpc) is 3.21. The Kier molecular flexibility index (Phi) is 9.05. The SMILES string of the molecule is CC1(C)C2CCCCC2C2CCC(C3CCC=C4CCC(C5CCCCC5C5CC6CCCCC6C6CCCCC65)CC4C3)CC21. The smallest absolute Gasteiger partial charge is 0.0198 e. The molecule has 0 N–H and O–H groups in total. The molecule has 0 heteroatoms. The van der Waals surface area contributed by atoms with Gasteiger partial charge in [0.05, 0.1) is 0 Å². The first-order valence-electron chi connectivity index (χ1n) is 22.2. The van der Waals surface area contributed by atoms with Crippen molar-refractivity contribution < 1.29 is 0 Å². The lowest BCUT2D eigenvalue weighted by molar-refractivity contribution is -0.0636. The van der Waals surface area contributed by atoms with Crippen molar-refractivity contribution >= 4 is 0 Å². The summed E-state index contributed by atoms with van der Waals surface area (Å²) in [6, 6.07) is 0. The first-order chi connectivity index (χ1) is 22.6. The van der Waals surface area contributed by atoms with Crippen LogP contribution in [-0.2, 0) is 0 Å². The zero-order chi connectivity index (χ0) is 30.8. The molecule has 8 fully saturated rings. The van der Waals surface area contributed by atoms with E-state index < -0.39 is 0 Å². The Morgan fingerprint density at radius 2 is 0.957 bits per heavy atom. The van der Waals surface area contributed by atoms with Crippen molar-refractivity contribution in [2.24, 2.45) is 94.2 Å². The highest BCUT2D eigenvalue weighted by molar-refractivity contribution is 5.14. The van der Waals surface area contributed by atoms with Gasteiger partial charge in [-0.05, 0) is 203 Å². The minimum Gasteiger partial charge on any atom is -0.0850 e. The summed E-state index contributed by atoms with van der Waals surface area (Å²) >= 11 is 0. The number of hydrogen-bond donors (Lipinski definition) is 0. The first kappa shape index (κ1) is 31.7. The summed E-state index contributed by atoms with van der Waals surface area (Å²) in [7, 11) is 0. The normalized spacial score (nSPS) is 52.1. The Morgan fingerprint density at radius 3 is 1.72 bits per heavy atom. The van der Waals surface area contributed by atoms with Crippen molar-refractivity contribution in [3.05, 3.63) is 11.6 Å². The predicted octanol–water partition coefficient (Wildman–Crippen LogP) is 13.4. The molecule has 15 unspecified atom stereocenters. The van der Waals surface area contributed by atoms with Crippen LogP contribution in [0.4, 0.5) is 0 Å². The van der Waals surface area contributed by atoms with Crippen molar-refractivity contribution in [2.45, 2.75) is 181 Å². The van der Waals surface area contributed by atoms with Crippen LogP contribution in [0.15, 0.2) is 11.6 Å². The fourth-order valence-electron chi connectivity index (χ4n) is 17.0. The first-order valence-corrected chi connectivity index (χ1v) is 22.2. The molecule has 258 valence electrons. The zero-order valence-electron chi connectivity index (χ0n) is 30.6. The molecule has 0 amide bonds. The molecule has 9 rings (SSSR count). The van der Waals surface area contributed by atoms with Gasteiger partial charge in [0.1, 0.15) is 0 Å². The summed E-state index contributed by atoms with van der Waals surface area (Å²) in [6.45, 7) is 5.47. The lowest BCUT2D eigenvalue weighted by atomic mass is 9.49. The number of allylic oxidation sites excluding steroid dienone is 2. The second kappa shape index (κ2) is 13.1. The van der Waals surface area contributed by atoms with Crippen LogP contribution in [0.5, 0.6) is 0 Å². The summed E-state index contributed by atoms with van der Waals surface area (Å²) in [5.74, 6) is 16.2. The van der Waals surface area contributed by atoms with E-state index in [4.69, 9.17) is 0 Å². The molecule has 0 saturated heterocycles. The molecule has 0 aromatic rings. The number of rotatable bonds is 3. The maximum Gasteiger partial charge on any atom is -0.0198 e. The third-order valence-corrected chi connectivity index (χ3v) is 18.9. The monoisotopic (exact) mass is 627 g/mol. The molecule has 0 aromatic carbocycles. The lowest BCUT2D eigenvalue weighted by Crippen LogP contribution is -2.48. The van der Waals surface area contributed by atoms with Gasteiger partial charge in [-0.2, -0.15) is 0 Å². The second-order valence-corrected chi connectivity index (χ2v) is 20.6. The molecule has 0 heterocycles. The summed E-state index contributed by atoms with van der Waals surface area (Å²) < 4.78 is 0. The maximum atomic E-state index is 2.83. The van der Waals surface area contributed by atoms with Gasteiger partial charge in [-0.15, -0.1) is 0 Å². The van der Waals surface area contributed by atoms with Crippen LogP contribution in [0.3, 0.4) is 0 Å². The Morgan fingerprint density at radius 1 is 0.413 bits per heavy atom. The highest BCUT2D eigenvalue weighted by Gasteiger charge is 2.57. The third-order valence-electron chi connectivity index (χ3n) is 18.9. The minimum atomic E-state index is 0.614. The van der Waals surface area contributed by atoms with Gasteiger partial charge in [0.15, 0.2) is 0 Å². The standard InChI is InChI=1S/C46H74/c1-46(2)44-21-10-9-20-41(44)42-25-24-32(29-45(42)46)31-14-11-13-30-22-23-34(27-35(30)26-31)37-16-5-6-18-39(37)43-28-33-12-3-4-15-36(33)38-17-7-8-19-40(38)43/h13,31-45H,3-12,14-29H2,1-2H3. The van der Waals surface area contributed by atoms with Crippen LogP contribution in [0, 0.1) is 94.2 Å². The summed E-state index contributed by atoms with van der Waals surface area (Å²) in [5, 5.41) is 0. The molecule has 46 heavy (non-hydrogen) atoms. The second-order valence-electron chi connectivity index (χ2n) is 20.6. The van der Waals surface area contributed by atoms with Crippen LogP contribution < -0.4 is 0 Å². The Labute approximate surface area is 285 Å². The molecule has 0 aliphatic heterocycles. The molecule has 0 radical (unpaired) electrons. The summed E-state index contributed by atoms with van der Waals surface area (Å²) in [6.07, 6.45) is 43.7. The molecular formula is C46H74. The van der Waals surface area contributed by atoms with E-state index in [1.807, 2.05) is 5.57 Å². The van der Waals surface area contributed by atoms with Crippen molar-refractivity contribution in [2.75, 3.05) is 0 Å². The Balaban J connectivity index is 0.898. The molecule has 9 aliphatic carbocycles. The average molecular weight is 627 g/mol. The van der Waals surface area contributed by atoms with E-state index in [2.05, 4.69) is 19.9 Å². The van der Waals surface area contributed by atoms with Crippen molar-refractivity contribution in [3.63, 3.8) is 0 Å². The van der Waals surface area contributed by atoms with Gasteiger partial charge in [0.2, 0.25) is 0 Å². The molecular weight excluding hydrogens is 553 g/mol. The van der Waals surface area contributed by atoms with Crippen molar-refractivity contribution in [3.8, 4) is 0 Å². The molecule has 8 saturated carbocycles. The van der Waals surface area contributed by atoms with Gasteiger partial charge in [-0.1, -0.05) is 83.3 Å². The fourth-order valence-corrected chi connectivity index (χ4v) is 17.0. The van der Waals surface area contributed by atoms with Crippen LogP contribution in [0.1, 0.15) is 181 Å². The van der Waals surface area contributed by atoms with Crippen molar-refractivity contribution in [1.82, 2.24) is 0 Å². The lowest BCUT2D eigenvalue weighted by Gasteiger charge is -2.56. The zero-order valence-corrected chi connectivity index (χ0v) is 30.6. The molecule has 0 bridgehead atoms. The fraction of sp³-hybridized carbons (Fsp3) is 0.957. The van der Waals surface area contributed by atoms with Crippen molar-refractivity contribution in [1.29, 1.82) is 0 Å². The van der Waals surface area contributed by atoms with E-state index >= 15 is 0 Å². The predicted molar refractivity (Wildman–Crippen MR) is 194 cm³/mol. The quantitative estimate of drug-likeness (QED) is 0.273. The molecule has 9 aliphatic rings. The van der Waals surface area contributed by atoms with Gasteiger partial charge in [0.25, 0.3) is 0 Å². The maximum absolute atomic E-state index is 2.83. The summed E-state index contributed by atoms with van der Waals surface area (Å²) in [4.78, 5) is 0. The van der Waals surface area contributed by atoms with E-state index in [1.165, 1.54) is 32.1 Å². The van der Waals surface area contributed by atoms with Gasteiger partial charge in [-0.25, -0.2) is 0 Å². The highest BCUT2D eigenvalue weighted by Crippen LogP contribution is 2.65. The van der Waals surface area contributed by atoms with E-state index in [-0.39, 0.29) is 0 Å². The Bertz CT molecular complexity index is 1080. The van der Waals surface area contributed by atoms with Gasteiger partial charge >= 0.3 is 0 Å². The van der Waals surface area contributed by atoms with Crippen LogP contribution in [0.25, 0.3) is 0 Å². The van der Waals surface area contributed by atoms with Crippen LogP contribution in [-0.4, -0.2) is 0 Å². The summed E-state index contributed by atoms with van der Waals surface area (Å²) in [5.41, 5.74) is 2.57. The van der Waals surface area contributed by atoms with Crippen LogP contribution in [0.2, 0.25) is 0 Å². The van der Waals surface area contributed by atoms with Gasteiger partial charge in [0, 0.05) is 0 Å². The van der Waals surface area contributed by atoms with Gasteiger partial charge in [-0.3, -0.25) is 0 Å². The topological polar surface area (TPSA) is 0 Å². The largest absolute Gasteiger partial charge is 0.0850 e. The molecule has 0 spiro atoms. The van der Waals surface area contributed by atoms with E-state index in [0.29, 0.717) is 5.41 Å². The van der Waals surface area contributed by atoms with E-state index in [1.54, 1.807) is 135 Å². The molecule has 15 atom stereocenters. The third kappa shape index (κ3) is 5.57. The Hall–Kier alpha value is -0.260. The van der Waals surface area contributed by atoms with E-state index in [0.717, 1.165) is 88.8 Å². The number of fused-ring (bicyclic) bond motifs is 7. The number of hydrogen-bond acceptors (Lipinski definition) is 0. The molecule has 0 nitrogen and oxygen atoms in total. The van der Waals surface area contributed by atoms with Crippen LogP contribution >= 0.6 is 0 Å². The van der Waals surface area contributed by atoms with E-state index in [9.17, 15) is 0 Å². The highest BCUT2D eigenvalue weighted by atomic mass is 14.6.